The lowest BCUT2D eigenvalue weighted by Gasteiger charge is -2.41. The summed E-state index contributed by atoms with van der Waals surface area (Å²) in [7, 11) is -3.66. The van der Waals surface area contributed by atoms with Gasteiger partial charge in [-0.2, -0.15) is 0 Å². The number of anilines is 3. The molecule has 154 valence electrons. The highest BCUT2D eigenvalue weighted by Gasteiger charge is 2.36. The molecule has 4 aromatic rings. The Balaban J connectivity index is 1.64. The van der Waals surface area contributed by atoms with E-state index in [9.17, 15) is 8.42 Å². The van der Waals surface area contributed by atoms with E-state index >= 15 is 0 Å². The SMILES string of the molecule is CC1(C)c2ccccc2N(c2ccc(S(=O)(=O)c3ccccc3)nc2)c2ccccc21. The molecule has 4 nitrogen and oxygen atoms in total. The second-order valence-corrected chi connectivity index (χ2v) is 10.1. The summed E-state index contributed by atoms with van der Waals surface area (Å²) in [6.07, 6.45) is 1.64. The van der Waals surface area contributed by atoms with Gasteiger partial charge in [-0.15, -0.1) is 0 Å². The van der Waals surface area contributed by atoms with E-state index in [0.29, 0.717) is 0 Å². The van der Waals surface area contributed by atoms with Crippen LogP contribution in [-0.4, -0.2) is 13.4 Å². The summed E-state index contributed by atoms with van der Waals surface area (Å²) in [5.74, 6) is 0. The first-order valence-corrected chi connectivity index (χ1v) is 11.6. The smallest absolute Gasteiger partial charge is 0.223 e. The molecule has 0 bridgehead atoms. The Kier molecular flexibility index (Phi) is 4.45. The molecule has 0 saturated carbocycles. The molecule has 0 aliphatic carbocycles. The molecule has 1 aliphatic heterocycles. The second-order valence-electron chi connectivity index (χ2n) is 8.17. The van der Waals surface area contributed by atoms with Gasteiger partial charge in [-0.05, 0) is 47.5 Å². The van der Waals surface area contributed by atoms with Crippen LogP contribution in [0.4, 0.5) is 17.1 Å². The van der Waals surface area contributed by atoms with Crippen molar-refractivity contribution in [2.24, 2.45) is 0 Å². The summed E-state index contributed by atoms with van der Waals surface area (Å²) in [6, 6.07) is 28.5. The highest BCUT2D eigenvalue weighted by molar-refractivity contribution is 7.91. The largest absolute Gasteiger partial charge is 0.308 e. The summed E-state index contributed by atoms with van der Waals surface area (Å²) in [6.45, 7) is 4.46. The van der Waals surface area contributed by atoms with Gasteiger partial charge in [0.25, 0.3) is 0 Å². The van der Waals surface area contributed by atoms with Crippen LogP contribution >= 0.6 is 0 Å². The molecule has 1 aliphatic rings. The van der Waals surface area contributed by atoms with Crippen molar-refractivity contribution in [3.63, 3.8) is 0 Å². The fourth-order valence-electron chi connectivity index (χ4n) is 4.33. The third-order valence-corrected chi connectivity index (χ3v) is 7.63. The predicted octanol–water partition coefficient (Wildman–Crippen LogP) is 6.02. The Morgan fingerprint density at radius 1 is 0.710 bits per heavy atom. The molecule has 5 rings (SSSR count). The minimum atomic E-state index is -3.66. The lowest BCUT2D eigenvalue weighted by atomic mass is 9.73. The van der Waals surface area contributed by atoms with Gasteiger partial charge >= 0.3 is 0 Å². The van der Waals surface area contributed by atoms with Crippen LogP contribution in [0.1, 0.15) is 25.0 Å². The van der Waals surface area contributed by atoms with Crippen LogP contribution in [0.15, 0.2) is 107 Å². The minimum Gasteiger partial charge on any atom is -0.308 e. The first-order chi connectivity index (χ1) is 14.9. The third-order valence-electron chi connectivity index (χ3n) is 5.94. The van der Waals surface area contributed by atoms with E-state index in [1.807, 2.05) is 18.2 Å². The predicted molar refractivity (Wildman–Crippen MR) is 123 cm³/mol. The summed E-state index contributed by atoms with van der Waals surface area (Å²) in [5, 5.41) is 0.0429. The monoisotopic (exact) mass is 426 g/mol. The molecule has 0 radical (unpaired) electrons. The van der Waals surface area contributed by atoms with Crippen LogP contribution in [0.2, 0.25) is 0 Å². The first kappa shape index (κ1) is 19.5. The van der Waals surface area contributed by atoms with Crippen molar-refractivity contribution in [1.82, 2.24) is 4.98 Å². The van der Waals surface area contributed by atoms with Gasteiger partial charge in [0.1, 0.15) is 0 Å². The molecule has 2 heterocycles. The Morgan fingerprint density at radius 2 is 1.26 bits per heavy atom. The summed E-state index contributed by atoms with van der Waals surface area (Å²) in [5.41, 5.74) is 5.26. The number of sulfone groups is 1. The van der Waals surface area contributed by atoms with Crippen molar-refractivity contribution in [3.8, 4) is 0 Å². The second kappa shape index (κ2) is 7.06. The van der Waals surface area contributed by atoms with E-state index in [1.54, 1.807) is 42.6 Å². The quantitative estimate of drug-likeness (QED) is 0.402. The molecule has 0 spiro atoms. The Labute approximate surface area is 182 Å². The zero-order chi connectivity index (χ0) is 21.6. The summed E-state index contributed by atoms with van der Waals surface area (Å²) < 4.78 is 25.9. The van der Waals surface area contributed by atoms with Crippen LogP contribution in [0.3, 0.4) is 0 Å². The Morgan fingerprint density at radius 3 is 1.81 bits per heavy atom. The van der Waals surface area contributed by atoms with Crippen LogP contribution < -0.4 is 4.90 Å². The van der Waals surface area contributed by atoms with Crippen molar-refractivity contribution in [3.05, 3.63) is 108 Å². The molecule has 3 aromatic carbocycles. The maximum atomic E-state index is 12.9. The number of fused-ring (bicyclic) bond motifs is 2. The summed E-state index contributed by atoms with van der Waals surface area (Å²) >= 11 is 0. The standard InChI is InChI=1S/C26H22N2O2S/c1-26(2)21-12-6-8-14-23(21)28(24-15-9-7-13-22(24)26)19-16-17-25(27-18-19)31(29,30)20-10-4-3-5-11-20/h3-18H,1-2H3. The van der Waals surface area contributed by atoms with Crippen LogP contribution in [0.5, 0.6) is 0 Å². The molecule has 0 N–H and O–H groups in total. The Bertz CT molecular complexity index is 1310. The van der Waals surface area contributed by atoms with E-state index in [2.05, 4.69) is 60.1 Å². The van der Waals surface area contributed by atoms with Gasteiger partial charge in [0, 0.05) is 5.41 Å². The van der Waals surface area contributed by atoms with E-state index in [4.69, 9.17) is 0 Å². The molecule has 0 fully saturated rings. The van der Waals surface area contributed by atoms with Gasteiger partial charge in [0.05, 0.1) is 28.2 Å². The van der Waals surface area contributed by atoms with Crippen LogP contribution in [-0.2, 0) is 15.3 Å². The molecule has 1 aromatic heterocycles. The topological polar surface area (TPSA) is 50.3 Å². The highest BCUT2D eigenvalue weighted by atomic mass is 32.2. The number of nitrogens with zero attached hydrogens (tertiary/aromatic N) is 2. The Hall–Kier alpha value is -3.44. The van der Waals surface area contributed by atoms with Gasteiger partial charge in [-0.25, -0.2) is 13.4 Å². The molecule has 0 unspecified atom stereocenters. The van der Waals surface area contributed by atoms with Crippen molar-refractivity contribution < 1.29 is 8.42 Å². The first-order valence-electron chi connectivity index (χ1n) is 10.2. The maximum Gasteiger partial charge on any atom is 0.223 e. The number of benzene rings is 3. The number of para-hydroxylation sites is 2. The zero-order valence-electron chi connectivity index (χ0n) is 17.4. The molecule has 31 heavy (non-hydrogen) atoms. The highest BCUT2D eigenvalue weighted by Crippen LogP contribution is 2.51. The minimum absolute atomic E-state index is 0.0429. The molecule has 0 saturated heterocycles. The number of pyridine rings is 1. The average molecular weight is 427 g/mol. The lowest BCUT2D eigenvalue weighted by molar-refractivity contribution is 0.592. The van der Waals surface area contributed by atoms with Crippen LogP contribution in [0.25, 0.3) is 0 Å². The number of rotatable bonds is 3. The number of hydrogen-bond acceptors (Lipinski definition) is 4. The van der Waals surface area contributed by atoms with Crippen molar-refractivity contribution >= 4 is 26.9 Å². The van der Waals surface area contributed by atoms with Crippen LogP contribution in [0, 0.1) is 0 Å². The van der Waals surface area contributed by atoms with Gasteiger partial charge in [0.2, 0.25) is 9.84 Å². The molecule has 0 amide bonds. The van der Waals surface area contributed by atoms with E-state index in [0.717, 1.165) is 17.1 Å². The van der Waals surface area contributed by atoms with Crippen molar-refractivity contribution in [1.29, 1.82) is 0 Å². The van der Waals surface area contributed by atoms with Crippen molar-refractivity contribution in [2.45, 2.75) is 29.2 Å². The van der Waals surface area contributed by atoms with Crippen molar-refractivity contribution in [2.75, 3.05) is 4.90 Å². The van der Waals surface area contributed by atoms with E-state index in [1.165, 1.54) is 11.1 Å². The number of aromatic nitrogens is 1. The fraction of sp³-hybridized carbons (Fsp3) is 0.115. The van der Waals surface area contributed by atoms with E-state index in [-0.39, 0.29) is 15.3 Å². The maximum absolute atomic E-state index is 12.9. The molecular formula is C26H22N2O2S. The van der Waals surface area contributed by atoms with Gasteiger partial charge < -0.3 is 4.90 Å². The molecule has 5 heteroatoms. The van der Waals surface area contributed by atoms with Gasteiger partial charge in [-0.3, -0.25) is 0 Å². The zero-order valence-corrected chi connectivity index (χ0v) is 18.2. The van der Waals surface area contributed by atoms with Gasteiger partial charge in [-0.1, -0.05) is 68.4 Å². The fourth-order valence-corrected chi connectivity index (χ4v) is 5.53. The lowest BCUT2D eigenvalue weighted by Crippen LogP contribution is -2.30. The number of hydrogen-bond donors (Lipinski definition) is 0. The molecule has 0 atom stereocenters. The molecular weight excluding hydrogens is 404 g/mol. The normalized spacial score (nSPS) is 14.6. The average Bonchev–Trinajstić information content (AvgIpc) is 2.80. The van der Waals surface area contributed by atoms with Gasteiger partial charge in [0.15, 0.2) is 5.03 Å². The van der Waals surface area contributed by atoms with E-state index < -0.39 is 9.84 Å². The third kappa shape index (κ3) is 3.04. The summed E-state index contributed by atoms with van der Waals surface area (Å²) in [4.78, 5) is 6.75.